The molecule has 0 aliphatic carbocycles. The highest BCUT2D eigenvalue weighted by atomic mass is 32.2. The minimum Gasteiger partial charge on any atom is -0.378 e. The number of anilines is 1. The zero-order valence-corrected chi connectivity index (χ0v) is 17.2. The van der Waals surface area contributed by atoms with Gasteiger partial charge in [0.25, 0.3) is 11.8 Å². The average molecular weight is 431 g/mol. The lowest BCUT2D eigenvalue weighted by molar-refractivity contribution is -0.138. The third-order valence-corrected chi connectivity index (χ3v) is 6.33. The van der Waals surface area contributed by atoms with Crippen LogP contribution in [0.25, 0.3) is 5.57 Å². The van der Waals surface area contributed by atoms with Gasteiger partial charge in [-0.25, -0.2) is 4.90 Å². The maximum Gasteiger partial charge on any atom is 0.267 e. The summed E-state index contributed by atoms with van der Waals surface area (Å²) in [5.41, 5.74) is 1.09. The molecule has 8 nitrogen and oxygen atoms in total. The molecule has 1 aromatic rings. The molecule has 0 unspecified atom stereocenters. The van der Waals surface area contributed by atoms with Gasteiger partial charge >= 0.3 is 0 Å². The predicted octanol–water partition coefficient (Wildman–Crippen LogP) is 1.01. The van der Waals surface area contributed by atoms with E-state index in [1.54, 1.807) is 29.2 Å². The number of nitrogens with zero attached hydrogens (tertiary/aromatic N) is 3. The van der Waals surface area contributed by atoms with Gasteiger partial charge in [0.1, 0.15) is 10.9 Å². The highest BCUT2D eigenvalue weighted by molar-refractivity contribution is 8.26. The van der Waals surface area contributed by atoms with Crippen molar-refractivity contribution >= 4 is 63.2 Å². The van der Waals surface area contributed by atoms with Crippen LogP contribution >= 0.6 is 24.0 Å². The van der Waals surface area contributed by atoms with Gasteiger partial charge in [0.15, 0.2) is 0 Å². The van der Waals surface area contributed by atoms with Crippen LogP contribution in [0.4, 0.5) is 5.69 Å². The summed E-state index contributed by atoms with van der Waals surface area (Å²) in [5.74, 6) is -1.71. The molecule has 0 N–H and O–H groups in total. The van der Waals surface area contributed by atoms with E-state index in [1.165, 1.54) is 11.8 Å². The molecule has 3 aliphatic heterocycles. The van der Waals surface area contributed by atoms with Crippen LogP contribution in [-0.2, 0) is 23.9 Å². The first-order chi connectivity index (χ1) is 13.9. The SMILES string of the molecule is CC(=O)N1C(=O)C(=C2SC(=S)N(CC(=O)N3CCOCC3)C2=O)c2ccccc21. The van der Waals surface area contributed by atoms with Crippen LogP contribution in [0.15, 0.2) is 29.2 Å². The Kier molecular flexibility index (Phi) is 5.24. The van der Waals surface area contributed by atoms with Crippen molar-refractivity contribution in [1.82, 2.24) is 9.80 Å². The number of morpholine rings is 1. The molecular formula is C19H17N3O5S2. The van der Waals surface area contributed by atoms with E-state index in [-0.39, 0.29) is 27.3 Å². The molecule has 1 aromatic carbocycles. The molecule has 3 aliphatic rings. The molecule has 0 saturated carbocycles. The van der Waals surface area contributed by atoms with Crippen molar-refractivity contribution in [1.29, 1.82) is 0 Å². The van der Waals surface area contributed by atoms with E-state index in [0.29, 0.717) is 37.6 Å². The van der Waals surface area contributed by atoms with Crippen molar-refractivity contribution in [3.63, 3.8) is 0 Å². The number of ether oxygens (including phenoxy) is 1. The van der Waals surface area contributed by atoms with Gasteiger partial charge in [0.2, 0.25) is 11.8 Å². The molecule has 0 radical (unpaired) electrons. The Labute approximate surface area is 176 Å². The van der Waals surface area contributed by atoms with E-state index in [1.807, 2.05) is 0 Å². The van der Waals surface area contributed by atoms with Crippen LogP contribution in [0.1, 0.15) is 12.5 Å². The quantitative estimate of drug-likeness (QED) is 0.510. The first-order valence-electron chi connectivity index (χ1n) is 8.98. The highest BCUT2D eigenvalue weighted by Gasteiger charge is 2.43. The van der Waals surface area contributed by atoms with Crippen LogP contribution in [0.5, 0.6) is 0 Å². The zero-order valence-electron chi connectivity index (χ0n) is 15.5. The number of hydrogen-bond acceptors (Lipinski definition) is 7. The van der Waals surface area contributed by atoms with E-state index in [2.05, 4.69) is 0 Å². The average Bonchev–Trinajstić information content (AvgIpc) is 3.15. The Morgan fingerprint density at radius 1 is 1.14 bits per heavy atom. The topological polar surface area (TPSA) is 87.2 Å². The minimum absolute atomic E-state index is 0.144. The zero-order chi connectivity index (χ0) is 20.7. The van der Waals surface area contributed by atoms with Crippen LogP contribution in [0, 0.1) is 0 Å². The number of carbonyl (C=O) groups is 4. The Morgan fingerprint density at radius 2 is 1.83 bits per heavy atom. The maximum absolute atomic E-state index is 13.1. The molecule has 150 valence electrons. The number of thioether (sulfide) groups is 1. The summed E-state index contributed by atoms with van der Waals surface area (Å²) in [6.45, 7) is 2.96. The summed E-state index contributed by atoms with van der Waals surface area (Å²) in [6.07, 6.45) is 0. The summed E-state index contributed by atoms with van der Waals surface area (Å²) < 4.78 is 5.45. The van der Waals surface area contributed by atoms with Crippen molar-refractivity contribution in [3.8, 4) is 0 Å². The van der Waals surface area contributed by atoms with Crippen LogP contribution < -0.4 is 4.90 Å². The van der Waals surface area contributed by atoms with Gasteiger partial charge in [-0.2, -0.15) is 0 Å². The van der Waals surface area contributed by atoms with Crippen molar-refractivity contribution in [2.24, 2.45) is 0 Å². The lowest BCUT2D eigenvalue weighted by Crippen LogP contribution is -2.46. The third kappa shape index (κ3) is 3.37. The van der Waals surface area contributed by atoms with E-state index in [0.717, 1.165) is 16.7 Å². The van der Waals surface area contributed by atoms with Crippen molar-refractivity contribution in [2.75, 3.05) is 37.7 Å². The molecule has 0 aromatic heterocycles. The van der Waals surface area contributed by atoms with E-state index in [4.69, 9.17) is 17.0 Å². The minimum atomic E-state index is -0.557. The Morgan fingerprint density at radius 3 is 2.52 bits per heavy atom. The number of amides is 4. The number of rotatable bonds is 2. The molecule has 4 amide bonds. The van der Waals surface area contributed by atoms with Crippen LogP contribution in [-0.4, -0.2) is 70.6 Å². The second kappa shape index (κ2) is 7.69. The summed E-state index contributed by atoms with van der Waals surface area (Å²) in [5, 5.41) is 0. The molecule has 2 fully saturated rings. The molecule has 29 heavy (non-hydrogen) atoms. The Bertz CT molecular complexity index is 984. The van der Waals surface area contributed by atoms with Gasteiger partial charge in [-0.15, -0.1) is 0 Å². The number of benzene rings is 1. The third-order valence-electron chi connectivity index (χ3n) is 4.88. The lowest BCUT2D eigenvalue weighted by Gasteiger charge is -2.28. The van der Waals surface area contributed by atoms with Gasteiger partial charge in [0.05, 0.1) is 29.4 Å². The van der Waals surface area contributed by atoms with Crippen molar-refractivity contribution in [3.05, 3.63) is 34.7 Å². The molecule has 0 atom stereocenters. The monoisotopic (exact) mass is 431 g/mol. The van der Waals surface area contributed by atoms with Gasteiger partial charge in [-0.3, -0.25) is 24.1 Å². The number of hydrogen-bond donors (Lipinski definition) is 0. The fourth-order valence-electron chi connectivity index (χ4n) is 3.48. The summed E-state index contributed by atoms with van der Waals surface area (Å²) in [4.78, 5) is 54.6. The predicted molar refractivity (Wildman–Crippen MR) is 111 cm³/mol. The van der Waals surface area contributed by atoms with Crippen LogP contribution in [0.2, 0.25) is 0 Å². The lowest BCUT2D eigenvalue weighted by atomic mass is 10.1. The number of fused-ring (bicyclic) bond motifs is 1. The number of imide groups is 1. The summed E-state index contributed by atoms with van der Waals surface area (Å²) in [7, 11) is 0. The van der Waals surface area contributed by atoms with E-state index >= 15 is 0 Å². The van der Waals surface area contributed by atoms with Crippen molar-refractivity contribution in [2.45, 2.75) is 6.92 Å². The Hall–Kier alpha value is -2.56. The van der Waals surface area contributed by atoms with Gasteiger partial charge < -0.3 is 9.64 Å². The largest absolute Gasteiger partial charge is 0.378 e. The standard InChI is InChI=1S/C19H17N3O5S2/c1-11(23)22-13-5-3-2-4-12(13)15(17(22)25)16-18(26)21(19(28)29-16)10-14(24)20-6-8-27-9-7-20/h2-5H,6-10H2,1H3. The second-order valence-electron chi connectivity index (χ2n) is 6.63. The number of thiocarbonyl (C=S) groups is 1. The van der Waals surface area contributed by atoms with Gasteiger partial charge in [0, 0.05) is 25.6 Å². The Balaban J connectivity index is 1.66. The number of para-hydroxylation sites is 1. The van der Waals surface area contributed by atoms with Crippen LogP contribution in [0.3, 0.4) is 0 Å². The fraction of sp³-hybridized carbons (Fsp3) is 0.316. The number of carbonyl (C=O) groups excluding carboxylic acids is 4. The van der Waals surface area contributed by atoms with Crippen molar-refractivity contribution < 1.29 is 23.9 Å². The summed E-state index contributed by atoms with van der Waals surface area (Å²) in [6, 6.07) is 6.80. The molecule has 0 spiro atoms. The molecule has 2 saturated heterocycles. The first-order valence-corrected chi connectivity index (χ1v) is 10.2. The van der Waals surface area contributed by atoms with Gasteiger partial charge in [-0.05, 0) is 6.07 Å². The normalized spacial score (nSPS) is 21.8. The first kappa shape index (κ1) is 19.7. The van der Waals surface area contributed by atoms with E-state index in [9.17, 15) is 19.2 Å². The fourth-order valence-corrected chi connectivity index (χ4v) is 4.81. The van der Waals surface area contributed by atoms with E-state index < -0.39 is 17.7 Å². The molecule has 4 rings (SSSR count). The second-order valence-corrected chi connectivity index (χ2v) is 8.28. The molecule has 3 heterocycles. The molecule has 0 bridgehead atoms. The smallest absolute Gasteiger partial charge is 0.267 e. The molecule has 10 heteroatoms. The van der Waals surface area contributed by atoms with Gasteiger partial charge in [-0.1, -0.05) is 42.2 Å². The molecular weight excluding hydrogens is 414 g/mol. The maximum atomic E-state index is 13.1. The highest BCUT2D eigenvalue weighted by Crippen LogP contribution is 2.44. The summed E-state index contributed by atoms with van der Waals surface area (Å²) >= 11 is 6.30.